The SMILES string of the molecule is Cc1ccc2nc(Nc3cccc(C(N)=O)c3N)sc2c1. The number of amides is 1. The number of rotatable bonds is 3. The number of para-hydroxylation sites is 1. The molecule has 106 valence electrons. The Morgan fingerprint density at radius 1 is 1.29 bits per heavy atom. The molecule has 0 bridgehead atoms. The number of anilines is 3. The van der Waals surface area contributed by atoms with Crippen molar-refractivity contribution in [3.8, 4) is 0 Å². The number of nitrogen functional groups attached to an aromatic ring is 1. The quantitative estimate of drug-likeness (QED) is 0.648. The van der Waals surface area contributed by atoms with E-state index in [1.54, 1.807) is 18.2 Å². The molecule has 0 aliphatic heterocycles. The van der Waals surface area contributed by atoms with Crippen molar-refractivity contribution in [1.82, 2.24) is 4.98 Å². The van der Waals surface area contributed by atoms with E-state index in [1.165, 1.54) is 16.9 Å². The number of primary amides is 1. The zero-order chi connectivity index (χ0) is 15.0. The molecule has 2 aromatic carbocycles. The number of nitrogens with zero attached hydrogens (tertiary/aromatic N) is 1. The summed E-state index contributed by atoms with van der Waals surface area (Å²) in [4.78, 5) is 15.8. The lowest BCUT2D eigenvalue weighted by molar-refractivity contribution is 0.100. The minimum atomic E-state index is -0.545. The third kappa shape index (κ3) is 2.53. The Labute approximate surface area is 125 Å². The van der Waals surface area contributed by atoms with Gasteiger partial charge in [-0.05, 0) is 36.8 Å². The molecular formula is C15H14N4OS. The smallest absolute Gasteiger partial charge is 0.250 e. The summed E-state index contributed by atoms with van der Waals surface area (Å²) < 4.78 is 1.10. The Morgan fingerprint density at radius 3 is 2.86 bits per heavy atom. The lowest BCUT2D eigenvalue weighted by atomic mass is 10.1. The van der Waals surface area contributed by atoms with Gasteiger partial charge in [0.05, 0.1) is 27.2 Å². The standard InChI is InChI=1S/C15H14N4OS/c1-8-5-6-10-12(7-8)21-15(18-10)19-11-4-2-3-9(13(11)16)14(17)20/h2-7H,16H2,1H3,(H2,17,20)(H,18,19). The molecule has 0 aliphatic carbocycles. The van der Waals surface area contributed by atoms with Gasteiger partial charge in [-0.25, -0.2) is 4.98 Å². The first-order chi connectivity index (χ1) is 10.0. The van der Waals surface area contributed by atoms with Gasteiger partial charge in [-0.3, -0.25) is 4.79 Å². The van der Waals surface area contributed by atoms with Gasteiger partial charge in [-0.15, -0.1) is 0 Å². The number of benzene rings is 2. The maximum Gasteiger partial charge on any atom is 0.250 e. The van der Waals surface area contributed by atoms with Gasteiger partial charge in [0.2, 0.25) is 0 Å². The fourth-order valence-electron chi connectivity index (χ4n) is 2.09. The number of hydrogen-bond donors (Lipinski definition) is 3. The monoisotopic (exact) mass is 298 g/mol. The summed E-state index contributed by atoms with van der Waals surface area (Å²) in [5.74, 6) is -0.545. The van der Waals surface area contributed by atoms with Crippen LogP contribution in [0.2, 0.25) is 0 Å². The third-order valence-electron chi connectivity index (χ3n) is 3.16. The number of fused-ring (bicyclic) bond motifs is 1. The molecule has 3 aromatic rings. The molecule has 0 spiro atoms. The average Bonchev–Trinajstić information content (AvgIpc) is 2.82. The van der Waals surface area contributed by atoms with Crippen LogP contribution in [0.1, 0.15) is 15.9 Å². The summed E-state index contributed by atoms with van der Waals surface area (Å²) in [6.07, 6.45) is 0. The number of carbonyl (C=O) groups is 1. The highest BCUT2D eigenvalue weighted by molar-refractivity contribution is 7.22. The highest BCUT2D eigenvalue weighted by Gasteiger charge is 2.11. The number of aryl methyl sites for hydroxylation is 1. The second-order valence-corrected chi connectivity index (χ2v) is 5.78. The maximum absolute atomic E-state index is 11.3. The molecule has 1 aromatic heterocycles. The van der Waals surface area contributed by atoms with Crippen LogP contribution in [0.3, 0.4) is 0 Å². The molecule has 0 radical (unpaired) electrons. The molecule has 0 saturated carbocycles. The van der Waals surface area contributed by atoms with Crippen LogP contribution in [0.4, 0.5) is 16.5 Å². The Kier molecular flexibility index (Phi) is 3.23. The van der Waals surface area contributed by atoms with Gasteiger partial charge in [-0.2, -0.15) is 0 Å². The van der Waals surface area contributed by atoms with Crippen molar-refractivity contribution in [2.24, 2.45) is 5.73 Å². The van der Waals surface area contributed by atoms with E-state index in [9.17, 15) is 4.79 Å². The van der Waals surface area contributed by atoms with Gasteiger partial charge in [-0.1, -0.05) is 23.5 Å². The Bertz CT molecular complexity index is 841. The number of nitrogens with two attached hydrogens (primary N) is 2. The second-order valence-electron chi connectivity index (χ2n) is 4.75. The molecule has 0 aliphatic rings. The van der Waals surface area contributed by atoms with Crippen molar-refractivity contribution in [3.63, 3.8) is 0 Å². The topological polar surface area (TPSA) is 94.0 Å². The van der Waals surface area contributed by atoms with Crippen LogP contribution >= 0.6 is 11.3 Å². The van der Waals surface area contributed by atoms with Gasteiger partial charge >= 0.3 is 0 Å². The molecule has 21 heavy (non-hydrogen) atoms. The van der Waals surface area contributed by atoms with Crippen LogP contribution in [0.5, 0.6) is 0 Å². The summed E-state index contributed by atoms with van der Waals surface area (Å²) in [7, 11) is 0. The van der Waals surface area contributed by atoms with Gasteiger partial charge in [0, 0.05) is 0 Å². The van der Waals surface area contributed by atoms with E-state index in [0.29, 0.717) is 16.9 Å². The molecule has 0 atom stereocenters. The zero-order valence-corrected chi connectivity index (χ0v) is 12.2. The van der Waals surface area contributed by atoms with E-state index in [1.807, 2.05) is 19.1 Å². The van der Waals surface area contributed by atoms with Crippen LogP contribution in [0, 0.1) is 6.92 Å². The molecule has 5 N–H and O–H groups in total. The van der Waals surface area contributed by atoms with Crippen molar-refractivity contribution in [2.45, 2.75) is 6.92 Å². The lowest BCUT2D eigenvalue weighted by Gasteiger charge is -2.08. The van der Waals surface area contributed by atoms with E-state index < -0.39 is 5.91 Å². The van der Waals surface area contributed by atoms with E-state index >= 15 is 0 Å². The lowest BCUT2D eigenvalue weighted by Crippen LogP contribution is -2.14. The normalized spacial score (nSPS) is 10.7. The van der Waals surface area contributed by atoms with Gasteiger partial charge in [0.25, 0.3) is 5.91 Å². The van der Waals surface area contributed by atoms with Gasteiger partial charge < -0.3 is 16.8 Å². The van der Waals surface area contributed by atoms with Crippen molar-refractivity contribution in [1.29, 1.82) is 0 Å². The van der Waals surface area contributed by atoms with Crippen molar-refractivity contribution in [2.75, 3.05) is 11.1 Å². The van der Waals surface area contributed by atoms with E-state index in [-0.39, 0.29) is 0 Å². The zero-order valence-electron chi connectivity index (χ0n) is 11.4. The number of carbonyl (C=O) groups excluding carboxylic acids is 1. The summed E-state index contributed by atoms with van der Waals surface area (Å²) in [5, 5.41) is 3.88. The molecule has 3 rings (SSSR count). The van der Waals surface area contributed by atoms with Crippen molar-refractivity contribution >= 4 is 44.0 Å². The second kappa shape index (κ2) is 5.06. The number of hydrogen-bond acceptors (Lipinski definition) is 5. The van der Waals surface area contributed by atoms with Crippen molar-refractivity contribution in [3.05, 3.63) is 47.5 Å². The summed E-state index contributed by atoms with van der Waals surface area (Å²) in [6, 6.07) is 11.2. The largest absolute Gasteiger partial charge is 0.396 e. The highest BCUT2D eigenvalue weighted by Crippen LogP contribution is 2.31. The van der Waals surface area contributed by atoms with Crippen LogP contribution < -0.4 is 16.8 Å². The molecular weight excluding hydrogens is 284 g/mol. The molecule has 0 unspecified atom stereocenters. The summed E-state index contributed by atoms with van der Waals surface area (Å²) in [5.41, 5.74) is 14.6. The third-order valence-corrected chi connectivity index (χ3v) is 4.09. The summed E-state index contributed by atoms with van der Waals surface area (Å²) >= 11 is 1.54. The predicted octanol–water partition coefficient (Wildman–Crippen LogP) is 3.03. The van der Waals surface area contributed by atoms with Crippen LogP contribution in [0.15, 0.2) is 36.4 Å². The van der Waals surface area contributed by atoms with Crippen molar-refractivity contribution < 1.29 is 4.79 Å². The fraction of sp³-hybridized carbons (Fsp3) is 0.0667. The molecule has 1 heterocycles. The van der Waals surface area contributed by atoms with E-state index in [0.717, 1.165) is 15.3 Å². The average molecular weight is 298 g/mol. The first-order valence-corrected chi connectivity index (χ1v) is 7.19. The number of aromatic nitrogens is 1. The first-order valence-electron chi connectivity index (χ1n) is 6.37. The Morgan fingerprint density at radius 2 is 2.10 bits per heavy atom. The molecule has 0 saturated heterocycles. The minimum absolute atomic E-state index is 0.303. The fourth-order valence-corrected chi connectivity index (χ4v) is 3.07. The van der Waals surface area contributed by atoms with E-state index in [2.05, 4.69) is 16.4 Å². The molecule has 5 nitrogen and oxygen atoms in total. The highest BCUT2D eigenvalue weighted by atomic mass is 32.1. The van der Waals surface area contributed by atoms with Gasteiger partial charge in [0.1, 0.15) is 0 Å². The van der Waals surface area contributed by atoms with Crippen LogP contribution in [-0.4, -0.2) is 10.9 Å². The van der Waals surface area contributed by atoms with E-state index in [4.69, 9.17) is 11.5 Å². The number of thiazole rings is 1. The maximum atomic E-state index is 11.3. The number of nitrogens with one attached hydrogen (secondary N) is 1. The first kappa shape index (κ1) is 13.4. The predicted molar refractivity (Wildman–Crippen MR) is 87.0 cm³/mol. The summed E-state index contributed by atoms with van der Waals surface area (Å²) in [6.45, 7) is 2.04. The molecule has 1 amide bonds. The minimum Gasteiger partial charge on any atom is -0.396 e. The Balaban J connectivity index is 1.98. The molecule has 0 fully saturated rings. The van der Waals surface area contributed by atoms with Crippen LogP contribution in [0.25, 0.3) is 10.2 Å². The van der Waals surface area contributed by atoms with Gasteiger partial charge in [0.15, 0.2) is 5.13 Å². The molecule has 6 heteroatoms. The van der Waals surface area contributed by atoms with Crippen LogP contribution in [-0.2, 0) is 0 Å². The Hall–Kier alpha value is -2.60.